The number of anilines is 3. The Hall–Kier alpha value is -2.63. The van der Waals surface area contributed by atoms with Gasteiger partial charge in [-0.05, 0) is 43.4 Å². The first-order chi connectivity index (χ1) is 13.1. The van der Waals surface area contributed by atoms with Crippen LogP contribution in [0.15, 0.2) is 24.3 Å². The Morgan fingerprint density at radius 2 is 2.07 bits per heavy atom. The molecule has 27 heavy (non-hydrogen) atoms. The minimum absolute atomic E-state index is 0.115. The summed E-state index contributed by atoms with van der Waals surface area (Å²) in [4.78, 5) is 21.6. The van der Waals surface area contributed by atoms with Crippen LogP contribution < -0.4 is 16.0 Å². The van der Waals surface area contributed by atoms with Gasteiger partial charge in [0.1, 0.15) is 11.4 Å². The number of amides is 1. The normalized spacial score (nSPS) is 21.5. The number of benzene rings is 1. The first-order valence-corrected chi connectivity index (χ1v) is 9.93. The fraction of sp³-hybridized carbons (Fsp3) is 0.476. The van der Waals surface area contributed by atoms with Crippen LogP contribution in [0.2, 0.25) is 0 Å². The molecule has 0 saturated heterocycles. The SMILES string of the molecule is CC[C@H]1CCCC[C@H]1Nc1nc2c(c(Nc3cccc(C)c3)n1)C(=O)NC2. The molecule has 1 aromatic heterocycles. The molecule has 2 heterocycles. The fourth-order valence-corrected chi connectivity index (χ4v) is 4.19. The molecule has 3 N–H and O–H groups in total. The number of rotatable bonds is 5. The molecule has 142 valence electrons. The zero-order valence-electron chi connectivity index (χ0n) is 16.0. The van der Waals surface area contributed by atoms with Gasteiger partial charge in [-0.3, -0.25) is 4.79 Å². The number of carbonyl (C=O) groups is 1. The molecule has 1 aliphatic heterocycles. The lowest BCUT2D eigenvalue weighted by Crippen LogP contribution is -2.32. The molecule has 6 heteroatoms. The van der Waals surface area contributed by atoms with Crippen LogP contribution in [0.25, 0.3) is 0 Å². The van der Waals surface area contributed by atoms with Gasteiger partial charge in [-0.2, -0.15) is 4.98 Å². The first-order valence-electron chi connectivity index (χ1n) is 9.93. The van der Waals surface area contributed by atoms with Crippen molar-refractivity contribution in [1.29, 1.82) is 0 Å². The summed E-state index contributed by atoms with van der Waals surface area (Å²) in [5, 5.41) is 9.75. The number of fused-ring (bicyclic) bond motifs is 1. The smallest absolute Gasteiger partial charge is 0.257 e. The van der Waals surface area contributed by atoms with E-state index < -0.39 is 0 Å². The number of nitrogens with one attached hydrogen (secondary N) is 3. The van der Waals surface area contributed by atoms with Gasteiger partial charge in [-0.1, -0.05) is 38.3 Å². The molecule has 0 radical (unpaired) electrons. The van der Waals surface area contributed by atoms with Gasteiger partial charge in [0.25, 0.3) is 5.91 Å². The summed E-state index contributed by atoms with van der Waals surface area (Å²) >= 11 is 0. The maximum absolute atomic E-state index is 12.3. The van der Waals surface area contributed by atoms with E-state index in [9.17, 15) is 4.79 Å². The van der Waals surface area contributed by atoms with Gasteiger partial charge in [-0.25, -0.2) is 4.98 Å². The summed E-state index contributed by atoms with van der Waals surface area (Å²) in [5.41, 5.74) is 3.39. The first kappa shape index (κ1) is 17.8. The average molecular weight is 365 g/mol. The highest BCUT2D eigenvalue weighted by Crippen LogP contribution is 2.31. The van der Waals surface area contributed by atoms with Gasteiger partial charge in [0.05, 0.1) is 12.2 Å². The van der Waals surface area contributed by atoms with E-state index in [0.717, 1.165) is 29.8 Å². The van der Waals surface area contributed by atoms with Crippen molar-refractivity contribution in [2.75, 3.05) is 10.6 Å². The van der Waals surface area contributed by atoms with Crippen LogP contribution in [-0.2, 0) is 6.54 Å². The molecular weight excluding hydrogens is 338 g/mol. The number of hydrogen-bond donors (Lipinski definition) is 3. The third-order valence-corrected chi connectivity index (χ3v) is 5.66. The lowest BCUT2D eigenvalue weighted by Gasteiger charge is -2.31. The number of carbonyl (C=O) groups excluding carboxylic acids is 1. The highest BCUT2D eigenvalue weighted by Gasteiger charge is 2.29. The second-order valence-electron chi connectivity index (χ2n) is 7.60. The van der Waals surface area contributed by atoms with Gasteiger partial charge >= 0.3 is 0 Å². The standard InChI is InChI=1S/C21H27N5O/c1-3-14-8-4-5-10-16(14)24-21-25-17-12-22-20(27)18(17)19(26-21)23-15-9-6-7-13(2)11-15/h6-7,9,11,14,16H,3-5,8,10,12H2,1-2H3,(H,22,27)(H2,23,24,25,26)/t14-,16+/m0/s1. The Morgan fingerprint density at radius 1 is 1.22 bits per heavy atom. The molecule has 4 rings (SSSR count). The molecule has 1 amide bonds. The van der Waals surface area contributed by atoms with E-state index in [1.54, 1.807) is 0 Å². The van der Waals surface area contributed by atoms with Crippen molar-refractivity contribution in [3.8, 4) is 0 Å². The van der Waals surface area contributed by atoms with Crippen LogP contribution in [0.1, 0.15) is 60.6 Å². The predicted molar refractivity (Wildman–Crippen MR) is 107 cm³/mol. The van der Waals surface area contributed by atoms with Gasteiger partial charge in [0.2, 0.25) is 5.95 Å². The molecule has 6 nitrogen and oxygen atoms in total. The van der Waals surface area contributed by atoms with Crippen LogP contribution >= 0.6 is 0 Å². The van der Waals surface area contributed by atoms with E-state index in [1.807, 2.05) is 31.2 Å². The highest BCUT2D eigenvalue weighted by molar-refractivity contribution is 6.02. The highest BCUT2D eigenvalue weighted by atomic mass is 16.2. The number of nitrogens with zero attached hydrogens (tertiary/aromatic N) is 2. The number of aromatic nitrogens is 2. The molecule has 0 unspecified atom stereocenters. The van der Waals surface area contributed by atoms with E-state index in [-0.39, 0.29) is 5.91 Å². The van der Waals surface area contributed by atoms with Crippen LogP contribution in [0.5, 0.6) is 0 Å². The molecule has 0 spiro atoms. The van der Waals surface area contributed by atoms with Gasteiger partial charge in [-0.15, -0.1) is 0 Å². The third kappa shape index (κ3) is 3.75. The maximum atomic E-state index is 12.3. The van der Waals surface area contributed by atoms with E-state index >= 15 is 0 Å². The summed E-state index contributed by atoms with van der Waals surface area (Å²) in [6.07, 6.45) is 6.12. The summed E-state index contributed by atoms with van der Waals surface area (Å²) in [6, 6.07) is 8.46. The average Bonchev–Trinajstić information content (AvgIpc) is 3.03. The van der Waals surface area contributed by atoms with Gasteiger partial charge in [0, 0.05) is 11.7 Å². The van der Waals surface area contributed by atoms with E-state index in [2.05, 4.69) is 32.8 Å². The van der Waals surface area contributed by atoms with Gasteiger partial charge < -0.3 is 16.0 Å². The van der Waals surface area contributed by atoms with E-state index in [1.165, 1.54) is 19.3 Å². The van der Waals surface area contributed by atoms with E-state index in [0.29, 0.717) is 35.8 Å². The summed E-state index contributed by atoms with van der Waals surface area (Å²) in [6.45, 7) is 4.75. The zero-order valence-corrected chi connectivity index (χ0v) is 16.0. The Labute approximate surface area is 160 Å². The Morgan fingerprint density at radius 3 is 2.89 bits per heavy atom. The molecule has 2 aliphatic rings. The molecule has 2 aromatic rings. The van der Waals surface area contributed by atoms with Crippen LogP contribution in [0.3, 0.4) is 0 Å². The van der Waals surface area contributed by atoms with Crippen LogP contribution in [-0.4, -0.2) is 21.9 Å². The van der Waals surface area contributed by atoms with Crippen molar-refractivity contribution >= 4 is 23.4 Å². The van der Waals surface area contributed by atoms with Crippen LogP contribution in [0, 0.1) is 12.8 Å². The summed E-state index contributed by atoms with van der Waals surface area (Å²) in [5.74, 6) is 1.73. The monoisotopic (exact) mass is 365 g/mol. The Balaban J connectivity index is 1.64. The van der Waals surface area contributed by atoms with Gasteiger partial charge in [0.15, 0.2) is 0 Å². The molecular formula is C21H27N5O. The Kier molecular flexibility index (Phi) is 4.97. The lowest BCUT2D eigenvalue weighted by molar-refractivity contribution is 0.0966. The lowest BCUT2D eigenvalue weighted by atomic mass is 9.83. The summed E-state index contributed by atoms with van der Waals surface area (Å²) < 4.78 is 0. The molecule has 1 aliphatic carbocycles. The topological polar surface area (TPSA) is 78.9 Å². The largest absolute Gasteiger partial charge is 0.351 e. The van der Waals surface area contributed by atoms with Crippen molar-refractivity contribution in [2.45, 2.75) is 58.5 Å². The number of aryl methyl sites for hydroxylation is 1. The second kappa shape index (κ2) is 7.55. The number of hydrogen-bond acceptors (Lipinski definition) is 5. The summed E-state index contributed by atoms with van der Waals surface area (Å²) in [7, 11) is 0. The molecule has 1 fully saturated rings. The molecule has 1 aromatic carbocycles. The minimum atomic E-state index is -0.115. The Bertz CT molecular complexity index is 850. The van der Waals surface area contributed by atoms with Crippen molar-refractivity contribution in [1.82, 2.24) is 15.3 Å². The second-order valence-corrected chi connectivity index (χ2v) is 7.60. The van der Waals surface area contributed by atoms with Crippen molar-refractivity contribution in [3.05, 3.63) is 41.1 Å². The fourth-order valence-electron chi connectivity index (χ4n) is 4.19. The maximum Gasteiger partial charge on any atom is 0.257 e. The van der Waals surface area contributed by atoms with Crippen molar-refractivity contribution in [3.63, 3.8) is 0 Å². The van der Waals surface area contributed by atoms with Crippen molar-refractivity contribution in [2.24, 2.45) is 5.92 Å². The quantitative estimate of drug-likeness (QED) is 0.742. The minimum Gasteiger partial charge on any atom is -0.351 e. The molecule has 2 atom stereocenters. The molecule has 0 bridgehead atoms. The van der Waals surface area contributed by atoms with Crippen molar-refractivity contribution < 1.29 is 4.79 Å². The predicted octanol–water partition coefficient (Wildman–Crippen LogP) is 4.15. The molecule has 1 saturated carbocycles. The van der Waals surface area contributed by atoms with Crippen LogP contribution in [0.4, 0.5) is 17.5 Å². The third-order valence-electron chi connectivity index (χ3n) is 5.66. The van der Waals surface area contributed by atoms with E-state index in [4.69, 9.17) is 0 Å². The zero-order chi connectivity index (χ0) is 18.8.